The van der Waals surface area contributed by atoms with Gasteiger partial charge in [-0.2, -0.15) is 0 Å². The van der Waals surface area contributed by atoms with E-state index in [2.05, 4.69) is 30.1 Å². The minimum Gasteiger partial charge on any atom is -0.482 e. The zero-order chi connectivity index (χ0) is 27.5. The van der Waals surface area contributed by atoms with Crippen LogP contribution in [0.3, 0.4) is 0 Å². The number of hydrogen-bond donors (Lipinski definition) is 1. The number of aromatic amines is 1. The van der Waals surface area contributed by atoms with Gasteiger partial charge in [-0.15, -0.1) is 0 Å². The molecule has 200 valence electrons. The van der Waals surface area contributed by atoms with Crippen molar-refractivity contribution >= 4 is 23.0 Å². The van der Waals surface area contributed by atoms with Crippen LogP contribution in [0.25, 0.3) is 10.9 Å². The molecule has 1 aromatic heterocycles. The van der Waals surface area contributed by atoms with Gasteiger partial charge in [-0.05, 0) is 73.0 Å². The maximum atomic E-state index is 13.4. The highest BCUT2D eigenvalue weighted by atomic mass is 16.6. The van der Waals surface area contributed by atoms with Crippen molar-refractivity contribution in [2.45, 2.75) is 19.4 Å². The molecule has 0 spiro atoms. The molecule has 1 amide bonds. The lowest BCUT2D eigenvalue weighted by atomic mass is 9.92. The summed E-state index contributed by atoms with van der Waals surface area (Å²) in [5, 5.41) is 1.17. The van der Waals surface area contributed by atoms with Gasteiger partial charge < -0.3 is 19.2 Å². The van der Waals surface area contributed by atoms with E-state index < -0.39 is 12.1 Å². The third kappa shape index (κ3) is 5.27. The van der Waals surface area contributed by atoms with Crippen LogP contribution in [-0.4, -0.2) is 35.1 Å². The largest absolute Gasteiger partial charge is 0.482 e. The molecule has 40 heavy (non-hydrogen) atoms. The number of aromatic nitrogens is 1. The molecule has 1 aliphatic rings. The fourth-order valence-electron chi connectivity index (χ4n) is 5.13. The van der Waals surface area contributed by atoms with Gasteiger partial charge in [0.15, 0.2) is 6.61 Å². The summed E-state index contributed by atoms with van der Waals surface area (Å²) in [4.78, 5) is 31.0. The Morgan fingerprint density at radius 1 is 0.825 bits per heavy atom. The van der Waals surface area contributed by atoms with E-state index in [4.69, 9.17) is 14.2 Å². The quantitative estimate of drug-likeness (QED) is 0.197. The summed E-state index contributed by atoms with van der Waals surface area (Å²) >= 11 is 0. The molecule has 0 aliphatic carbocycles. The first kappa shape index (κ1) is 25.2. The lowest BCUT2D eigenvalue weighted by Gasteiger charge is -2.35. The topological polar surface area (TPSA) is 80.9 Å². The summed E-state index contributed by atoms with van der Waals surface area (Å²) in [7, 11) is 0. The number of esters is 1. The zero-order valence-corrected chi connectivity index (χ0v) is 22.0. The van der Waals surface area contributed by atoms with E-state index in [1.54, 1.807) is 53.4 Å². The normalized spacial score (nSPS) is 14.4. The van der Waals surface area contributed by atoms with Crippen LogP contribution >= 0.6 is 0 Å². The van der Waals surface area contributed by atoms with Crippen molar-refractivity contribution in [1.29, 1.82) is 0 Å². The van der Waals surface area contributed by atoms with Crippen LogP contribution in [0.1, 0.15) is 28.4 Å². The van der Waals surface area contributed by atoms with Gasteiger partial charge in [0.25, 0.3) is 0 Å². The number of nitrogens with one attached hydrogen (secondary N) is 1. The van der Waals surface area contributed by atoms with Crippen molar-refractivity contribution in [3.8, 4) is 17.2 Å². The van der Waals surface area contributed by atoms with E-state index in [1.165, 1.54) is 16.5 Å². The molecule has 1 unspecified atom stereocenters. The fourth-order valence-corrected chi connectivity index (χ4v) is 5.13. The number of carbonyl (C=O) groups excluding carboxylic acids is 2. The third-order valence-electron chi connectivity index (χ3n) is 6.99. The van der Waals surface area contributed by atoms with Crippen molar-refractivity contribution in [3.63, 3.8) is 0 Å². The first-order chi connectivity index (χ1) is 19.5. The van der Waals surface area contributed by atoms with Crippen LogP contribution in [0.2, 0.25) is 0 Å². The number of fused-ring (bicyclic) bond motifs is 3. The van der Waals surface area contributed by atoms with E-state index in [-0.39, 0.29) is 12.6 Å². The van der Waals surface area contributed by atoms with E-state index in [0.29, 0.717) is 30.2 Å². The smallest absolute Gasteiger partial charge is 0.416 e. The van der Waals surface area contributed by atoms with Crippen LogP contribution in [0, 0.1) is 6.92 Å². The van der Waals surface area contributed by atoms with E-state index in [9.17, 15) is 9.59 Å². The molecule has 0 saturated heterocycles. The predicted molar refractivity (Wildman–Crippen MR) is 152 cm³/mol. The summed E-state index contributed by atoms with van der Waals surface area (Å²) in [6, 6.07) is 31.3. The SMILES string of the molecule is Cc1ccc2[nH]c3c(c2c1)CCN(C(=O)Oc1ccccc1)C3c1ccc(OCC(=O)Oc2ccccc2)cc1. The molecule has 0 bridgehead atoms. The monoisotopic (exact) mass is 532 g/mol. The van der Waals surface area contributed by atoms with Crippen molar-refractivity contribution in [1.82, 2.24) is 9.88 Å². The number of benzene rings is 4. The summed E-state index contributed by atoms with van der Waals surface area (Å²) in [6.45, 7) is 2.36. The first-order valence-corrected chi connectivity index (χ1v) is 13.2. The zero-order valence-electron chi connectivity index (χ0n) is 22.0. The molecule has 1 N–H and O–H groups in total. The Morgan fingerprint density at radius 2 is 1.50 bits per heavy atom. The Hall–Kier alpha value is -5.04. The molecule has 5 aromatic rings. The van der Waals surface area contributed by atoms with Gasteiger partial charge in [0.1, 0.15) is 23.3 Å². The number of rotatable bonds is 6. The van der Waals surface area contributed by atoms with Crippen LogP contribution < -0.4 is 14.2 Å². The number of para-hydroxylation sites is 2. The summed E-state index contributed by atoms with van der Waals surface area (Å²) in [5.74, 6) is 0.997. The van der Waals surface area contributed by atoms with Crippen molar-refractivity contribution < 1.29 is 23.8 Å². The second-order valence-electron chi connectivity index (χ2n) is 9.74. The molecule has 7 heteroatoms. The summed E-state index contributed by atoms with van der Waals surface area (Å²) < 4.78 is 16.7. The van der Waals surface area contributed by atoms with E-state index in [0.717, 1.165) is 16.8 Å². The molecular formula is C33H28N2O5. The van der Waals surface area contributed by atoms with Crippen LogP contribution in [-0.2, 0) is 11.2 Å². The average molecular weight is 533 g/mol. The molecule has 1 atom stereocenters. The highest BCUT2D eigenvalue weighted by Gasteiger charge is 2.35. The molecule has 6 rings (SSSR count). The minimum atomic E-state index is -0.490. The van der Waals surface area contributed by atoms with Gasteiger partial charge in [-0.1, -0.05) is 60.2 Å². The third-order valence-corrected chi connectivity index (χ3v) is 6.99. The number of aryl methyl sites for hydroxylation is 1. The fraction of sp³-hybridized carbons (Fsp3) is 0.152. The Labute approximate surface area is 231 Å². The average Bonchev–Trinajstić information content (AvgIpc) is 3.35. The molecule has 0 saturated carbocycles. The Balaban J connectivity index is 1.26. The Bertz CT molecular complexity index is 1650. The number of carbonyl (C=O) groups is 2. The van der Waals surface area contributed by atoms with Crippen molar-refractivity contribution in [2.75, 3.05) is 13.2 Å². The predicted octanol–water partition coefficient (Wildman–Crippen LogP) is 6.61. The molecular weight excluding hydrogens is 504 g/mol. The standard InChI is InChI=1S/C33H28N2O5/c1-22-12-17-29-28(20-22)27-18-19-35(33(37)40-26-10-6-3-7-11-26)32(31(27)34-29)23-13-15-24(16-14-23)38-21-30(36)39-25-8-4-2-5-9-25/h2-17,20,32,34H,18-19,21H2,1H3. The van der Waals surface area contributed by atoms with Gasteiger partial charge in [0.2, 0.25) is 0 Å². The van der Waals surface area contributed by atoms with Crippen molar-refractivity contribution in [2.24, 2.45) is 0 Å². The molecule has 7 nitrogen and oxygen atoms in total. The number of amides is 1. The van der Waals surface area contributed by atoms with Crippen LogP contribution in [0.4, 0.5) is 4.79 Å². The lowest BCUT2D eigenvalue weighted by Crippen LogP contribution is -2.42. The van der Waals surface area contributed by atoms with Gasteiger partial charge in [0.05, 0.1) is 0 Å². The maximum absolute atomic E-state index is 13.4. The minimum absolute atomic E-state index is 0.223. The second kappa shape index (κ2) is 11.0. The van der Waals surface area contributed by atoms with Gasteiger partial charge in [0, 0.05) is 23.1 Å². The van der Waals surface area contributed by atoms with Crippen LogP contribution in [0.15, 0.2) is 103 Å². The summed E-state index contributed by atoms with van der Waals surface area (Å²) in [5.41, 5.74) is 5.29. The number of H-pyrrole nitrogens is 1. The molecule has 0 radical (unpaired) electrons. The number of hydrogen-bond acceptors (Lipinski definition) is 5. The Morgan fingerprint density at radius 3 is 2.20 bits per heavy atom. The Kier molecular flexibility index (Phi) is 6.93. The van der Waals surface area contributed by atoms with Crippen molar-refractivity contribution in [3.05, 3.63) is 126 Å². The maximum Gasteiger partial charge on any atom is 0.416 e. The highest BCUT2D eigenvalue weighted by Crippen LogP contribution is 2.39. The number of ether oxygens (including phenoxy) is 3. The van der Waals surface area contributed by atoms with Gasteiger partial charge >= 0.3 is 12.1 Å². The van der Waals surface area contributed by atoms with E-state index in [1.807, 2.05) is 36.4 Å². The molecule has 1 aliphatic heterocycles. The number of nitrogens with zero attached hydrogens (tertiary/aromatic N) is 1. The summed E-state index contributed by atoms with van der Waals surface area (Å²) in [6.07, 6.45) is 0.296. The van der Waals surface area contributed by atoms with E-state index >= 15 is 0 Å². The highest BCUT2D eigenvalue weighted by molar-refractivity contribution is 5.87. The second-order valence-corrected chi connectivity index (χ2v) is 9.74. The van der Waals surface area contributed by atoms with Gasteiger partial charge in [-0.3, -0.25) is 4.90 Å². The lowest BCUT2D eigenvalue weighted by molar-refractivity contribution is -0.136. The van der Waals surface area contributed by atoms with Gasteiger partial charge in [-0.25, -0.2) is 9.59 Å². The molecule has 0 fully saturated rings. The van der Waals surface area contributed by atoms with Crippen LogP contribution in [0.5, 0.6) is 17.2 Å². The molecule has 4 aromatic carbocycles. The molecule has 2 heterocycles. The first-order valence-electron chi connectivity index (χ1n) is 13.2.